The maximum atomic E-state index is 13.5. The van der Waals surface area contributed by atoms with Gasteiger partial charge in [0.2, 0.25) is 0 Å². The monoisotopic (exact) mass is 295 g/mol. The van der Waals surface area contributed by atoms with E-state index in [0.717, 1.165) is 18.5 Å². The van der Waals surface area contributed by atoms with Crippen molar-refractivity contribution < 1.29 is 8.78 Å². The molecule has 0 amide bonds. The maximum Gasteiger partial charge on any atom is 0.123 e. The quantitative estimate of drug-likeness (QED) is 0.842. The molecule has 0 aliphatic heterocycles. The van der Waals surface area contributed by atoms with Crippen LogP contribution in [0.1, 0.15) is 30.5 Å². The van der Waals surface area contributed by atoms with Crippen molar-refractivity contribution in [1.82, 2.24) is 5.32 Å². The standard InChI is InChI=1S/C16H16ClF2N/c1-2-9-20-16(11-3-5-12(18)6-4-11)14-10-13(19)7-8-15(14)17/h3-8,10,16,20H,2,9H2,1H3. The van der Waals surface area contributed by atoms with Gasteiger partial charge in [-0.05, 0) is 54.4 Å². The molecule has 2 rings (SSSR count). The highest BCUT2D eigenvalue weighted by Gasteiger charge is 2.17. The summed E-state index contributed by atoms with van der Waals surface area (Å²) in [6.07, 6.45) is 0.935. The topological polar surface area (TPSA) is 12.0 Å². The van der Waals surface area contributed by atoms with Crippen molar-refractivity contribution in [3.05, 3.63) is 70.2 Å². The lowest BCUT2D eigenvalue weighted by molar-refractivity contribution is 0.582. The van der Waals surface area contributed by atoms with Gasteiger partial charge in [0.15, 0.2) is 0 Å². The Morgan fingerprint density at radius 2 is 1.70 bits per heavy atom. The van der Waals surface area contributed by atoms with Gasteiger partial charge in [-0.25, -0.2) is 8.78 Å². The Morgan fingerprint density at radius 3 is 2.35 bits per heavy atom. The van der Waals surface area contributed by atoms with Crippen LogP contribution in [0.4, 0.5) is 8.78 Å². The minimum Gasteiger partial charge on any atom is -0.306 e. The fourth-order valence-electron chi connectivity index (χ4n) is 2.09. The summed E-state index contributed by atoms with van der Waals surface area (Å²) in [5, 5.41) is 3.81. The number of halogens is 3. The highest BCUT2D eigenvalue weighted by Crippen LogP contribution is 2.29. The van der Waals surface area contributed by atoms with Gasteiger partial charge in [0.25, 0.3) is 0 Å². The fourth-order valence-corrected chi connectivity index (χ4v) is 2.31. The van der Waals surface area contributed by atoms with Gasteiger partial charge in [-0.3, -0.25) is 0 Å². The highest BCUT2D eigenvalue weighted by atomic mass is 35.5. The fraction of sp³-hybridized carbons (Fsp3) is 0.250. The summed E-state index contributed by atoms with van der Waals surface area (Å²) in [5.41, 5.74) is 1.51. The average Bonchev–Trinajstić information content (AvgIpc) is 2.44. The molecular weight excluding hydrogens is 280 g/mol. The molecule has 2 aromatic rings. The molecule has 1 nitrogen and oxygen atoms in total. The smallest absolute Gasteiger partial charge is 0.123 e. The van der Waals surface area contributed by atoms with Crippen molar-refractivity contribution in [2.75, 3.05) is 6.54 Å². The Kier molecular flexibility index (Phi) is 5.10. The van der Waals surface area contributed by atoms with E-state index in [0.29, 0.717) is 10.6 Å². The molecule has 0 aliphatic rings. The second-order valence-corrected chi connectivity index (χ2v) is 5.01. The van der Waals surface area contributed by atoms with E-state index >= 15 is 0 Å². The van der Waals surface area contributed by atoms with E-state index in [1.54, 1.807) is 12.1 Å². The first-order chi connectivity index (χ1) is 9.61. The van der Waals surface area contributed by atoms with Crippen LogP contribution in [0.5, 0.6) is 0 Å². The number of hydrogen-bond acceptors (Lipinski definition) is 1. The Hall–Kier alpha value is -1.45. The summed E-state index contributed by atoms with van der Waals surface area (Å²) in [5.74, 6) is -0.636. The minimum atomic E-state index is -0.338. The summed E-state index contributed by atoms with van der Waals surface area (Å²) in [7, 11) is 0. The summed E-state index contributed by atoms with van der Waals surface area (Å²) >= 11 is 6.17. The van der Waals surface area contributed by atoms with Gasteiger partial charge < -0.3 is 5.32 Å². The molecule has 1 atom stereocenters. The van der Waals surface area contributed by atoms with Crippen LogP contribution in [0.3, 0.4) is 0 Å². The van der Waals surface area contributed by atoms with Gasteiger partial charge in [0.1, 0.15) is 11.6 Å². The van der Waals surface area contributed by atoms with Crippen molar-refractivity contribution >= 4 is 11.6 Å². The lowest BCUT2D eigenvalue weighted by Crippen LogP contribution is -2.23. The molecule has 0 heterocycles. The van der Waals surface area contributed by atoms with Gasteiger partial charge in [0.05, 0.1) is 6.04 Å². The van der Waals surface area contributed by atoms with Gasteiger partial charge in [-0.15, -0.1) is 0 Å². The van der Waals surface area contributed by atoms with Gasteiger partial charge in [-0.1, -0.05) is 30.7 Å². The molecule has 0 saturated carbocycles. The van der Waals surface area contributed by atoms with Crippen molar-refractivity contribution in [1.29, 1.82) is 0 Å². The van der Waals surface area contributed by atoms with Crippen LogP contribution >= 0.6 is 11.6 Å². The van der Waals surface area contributed by atoms with E-state index in [-0.39, 0.29) is 17.7 Å². The Morgan fingerprint density at radius 1 is 1.05 bits per heavy atom. The van der Waals surface area contributed by atoms with Gasteiger partial charge in [-0.2, -0.15) is 0 Å². The molecule has 1 unspecified atom stereocenters. The van der Waals surface area contributed by atoms with Gasteiger partial charge >= 0.3 is 0 Å². The first kappa shape index (κ1) is 14.9. The predicted molar refractivity (Wildman–Crippen MR) is 77.9 cm³/mol. The lowest BCUT2D eigenvalue weighted by atomic mass is 9.98. The van der Waals surface area contributed by atoms with E-state index in [4.69, 9.17) is 11.6 Å². The zero-order valence-electron chi connectivity index (χ0n) is 11.2. The number of rotatable bonds is 5. The number of benzene rings is 2. The van der Waals surface area contributed by atoms with E-state index < -0.39 is 0 Å². The van der Waals surface area contributed by atoms with Crippen molar-refractivity contribution in [2.24, 2.45) is 0 Å². The third-order valence-electron chi connectivity index (χ3n) is 3.07. The lowest BCUT2D eigenvalue weighted by Gasteiger charge is -2.21. The van der Waals surface area contributed by atoms with Crippen LogP contribution in [-0.4, -0.2) is 6.54 Å². The van der Waals surface area contributed by atoms with E-state index in [1.165, 1.54) is 30.3 Å². The molecule has 0 aliphatic carbocycles. The van der Waals surface area contributed by atoms with Crippen molar-refractivity contribution in [2.45, 2.75) is 19.4 Å². The first-order valence-corrected chi connectivity index (χ1v) is 6.93. The van der Waals surface area contributed by atoms with Crippen LogP contribution in [0.25, 0.3) is 0 Å². The second-order valence-electron chi connectivity index (χ2n) is 4.60. The van der Waals surface area contributed by atoms with E-state index in [9.17, 15) is 8.78 Å². The molecular formula is C16H16ClF2N. The molecule has 2 aromatic carbocycles. The molecule has 0 spiro atoms. The van der Waals surface area contributed by atoms with Crippen LogP contribution in [0.2, 0.25) is 5.02 Å². The molecule has 0 fully saturated rings. The van der Waals surface area contributed by atoms with E-state index in [1.807, 2.05) is 6.92 Å². The molecule has 0 aromatic heterocycles. The zero-order chi connectivity index (χ0) is 14.5. The zero-order valence-corrected chi connectivity index (χ0v) is 11.9. The largest absolute Gasteiger partial charge is 0.306 e. The predicted octanol–water partition coefficient (Wildman–Crippen LogP) is 4.71. The van der Waals surface area contributed by atoms with E-state index in [2.05, 4.69) is 5.32 Å². The normalized spacial score (nSPS) is 12.4. The molecule has 20 heavy (non-hydrogen) atoms. The summed E-state index contributed by atoms with van der Waals surface area (Å²) in [4.78, 5) is 0. The molecule has 4 heteroatoms. The molecule has 1 N–H and O–H groups in total. The Labute approximate surface area is 122 Å². The summed E-state index contributed by atoms with van der Waals surface area (Å²) < 4.78 is 26.5. The minimum absolute atomic E-state index is 0.251. The molecule has 0 bridgehead atoms. The second kappa shape index (κ2) is 6.82. The Bertz CT molecular complexity index is 569. The third kappa shape index (κ3) is 3.56. The highest BCUT2D eigenvalue weighted by molar-refractivity contribution is 6.31. The number of hydrogen-bond donors (Lipinski definition) is 1. The number of nitrogens with one attached hydrogen (secondary N) is 1. The summed E-state index contributed by atoms with van der Waals surface area (Å²) in [6, 6.07) is 10.2. The van der Waals surface area contributed by atoms with Crippen LogP contribution < -0.4 is 5.32 Å². The SMILES string of the molecule is CCCNC(c1ccc(F)cc1)c1cc(F)ccc1Cl. The van der Waals surface area contributed by atoms with Crippen molar-refractivity contribution in [3.8, 4) is 0 Å². The Balaban J connectivity index is 2.41. The first-order valence-electron chi connectivity index (χ1n) is 6.55. The summed E-state index contributed by atoms with van der Waals surface area (Å²) in [6.45, 7) is 2.80. The van der Waals surface area contributed by atoms with Crippen LogP contribution in [-0.2, 0) is 0 Å². The molecule has 106 valence electrons. The molecule has 0 radical (unpaired) electrons. The molecule has 0 saturated heterocycles. The van der Waals surface area contributed by atoms with Gasteiger partial charge in [0, 0.05) is 5.02 Å². The van der Waals surface area contributed by atoms with Crippen molar-refractivity contribution in [3.63, 3.8) is 0 Å². The maximum absolute atomic E-state index is 13.5. The van der Waals surface area contributed by atoms with Crippen LogP contribution in [0, 0.1) is 11.6 Å². The average molecular weight is 296 g/mol. The van der Waals surface area contributed by atoms with Crippen LogP contribution in [0.15, 0.2) is 42.5 Å². The third-order valence-corrected chi connectivity index (χ3v) is 3.42.